The van der Waals surface area contributed by atoms with Gasteiger partial charge in [-0.05, 0) is 23.5 Å². The number of esters is 1. The van der Waals surface area contributed by atoms with Crippen LogP contribution in [0.2, 0.25) is 0 Å². The fourth-order valence-corrected chi connectivity index (χ4v) is 2.19. The van der Waals surface area contributed by atoms with Gasteiger partial charge < -0.3 is 15.5 Å². The number of aromatic amines is 1. The van der Waals surface area contributed by atoms with Crippen LogP contribution < -0.4 is 5.73 Å². The first-order valence-electron chi connectivity index (χ1n) is 7.34. The zero-order valence-electron chi connectivity index (χ0n) is 13.0. The van der Waals surface area contributed by atoms with E-state index < -0.39 is 6.04 Å². The molecular weight excluding hydrogens is 264 g/mol. The molecule has 0 bridgehead atoms. The number of hydrogen-bond donors (Lipinski definition) is 2. The van der Waals surface area contributed by atoms with Crippen LogP contribution in [0.1, 0.15) is 32.8 Å². The van der Waals surface area contributed by atoms with Crippen molar-refractivity contribution in [2.75, 3.05) is 6.61 Å². The zero-order chi connectivity index (χ0) is 15.5. The van der Waals surface area contributed by atoms with Crippen molar-refractivity contribution in [1.82, 2.24) is 4.98 Å². The van der Waals surface area contributed by atoms with Gasteiger partial charge in [0.2, 0.25) is 0 Å². The predicted octanol–water partition coefficient (Wildman–Crippen LogP) is 3.02. The molecule has 4 heteroatoms. The first-order chi connectivity index (χ1) is 9.87. The largest absolute Gasteiger partial charge is 0.465 e. The molecule has 0 amide bonds. The third-order valence-electron chi connectivity index (χ3n) is 3.51. The molecule has 21 heavy (non-hydrogen) atoms. The molecule has 1 atom stereocenters. The first-order valence-corrected chi connectivity index (χ1v) is 7.34. The summed E-state index contributed by atoms with van der Waals surface area (Å²) in [6, 6.07) is 7.37. The summed E-state index contributed by atoms with van der Waals surface area (Å²) in [6.07, 6.45) is 3.23. The summed E-state index contributed by atoms with van der Waals surface area (Å²) < 4.78 is 5.27. The molecule has 0 aliphatic rings. The van der Waals surface area contributed by atoms with E-state index >= 15 is 0 Å². The standard InChI is InChI=1S/C17H24N2O2/c1-17(2,3)8-9-21-16(20)14(18)10-12-11-19-15-7-5-4-6-13(12)15/h4-7,11,14,19H,8-10,18H2,1-3H3/t14-/m0/s1. The van der Waals surface area contributed by atoms with Crippen LogP contribution in [0.15, 0.2) is 30.5 Å². The predicted molar refractivity (Wildman–Crippen MR) is 85.0 cm³/mol. The average molecular weight is 288 g/mol. The van der Waals surface area contributed by atoms with E-state index in [-0.39, 0.29) is 11.4 Å². The number of H-pyrrole nitrogens is 1. The maximum atomic E-state index is 11.9. The normalized spacial score (nSPS) is 13.3. The number of aromatic nitrogens is 1. The van der Waals surface area contributed by atoms with Gasteiger partial charge in [-0.2, -0.15) is 0 Å². The Hall–Kier alpha value is -1.81. The SMILES string of the molecule is CC(C)(C)CCOC(=O)[C@@H](N)Cc1c[nH]c2ccccc12. The molecule has 0 spiro atoms. The molecule has 2 rings (SSSR count). The second-order valence-corrected chi connectivity index (χ2v) is 6.65. The number of benzene rings is 1. The fourth-order valence-electron chi connectivity index (χ4n) is 2.19. The molecule has 0 radical (unpaired) electrons. The molecule has 1 heterocycles. The van der Waals surface area contributed by atoms with Gasteiger partial charge in [-0.15, -0.1) is 0 Å². The lowest BCUT2D eigenvalue weighted by Crippen LogP contribution is -2.34. The van der Waals surface area contributed by atoms with E-state index in [4.69, 9.17) is 10.5 Å². The van der Waals surface area contributed by atoms with Crippen LogP contribution in [0.25, 0.3) is 10.9 Å². The number of carbonyl (C=O) groups excluding carboxylic acids is 1. The molecule has 3 N–H and O–H groups in total. The third-order valence-corrected chi connectivity index (χ3v) is 3.51. The summed E-state index contributed by atoms with van der Waals surface area (Å²) in [7, 11) is 0. The van der Waals surface area contributed by atoms with E-state index in [0.717, 1.165) is 22.9 Å². The van der Waals surface area contributed by atoms with E-state index in [0.29, 0.717) is 13.0 Å². The molecule has 0 aliphatic carbocycles. The maximum absolute atomic E-state index is 11.9. The van der Waals surface area contributed by atoms with Gasteiger partial charge in [0.15, 0.2) is 0 Å². The third kappa shape index (κ3) is 4.33. The van der Waals surface area contributed by atoms with Crippen LogP contribution in [0.3, 0.4) is 0 Å². The monoisotopic (exact) mass is 288 g/mol. The summed E-state index contributed by atoms with van der Waals surface area (Å²) in [5, 5.41) is 1.11. The lowest BCUT2D eigenvalue weighted by atomic mass is 9.93. The van der Waals surface area contributed by atoms with Gasteiger partial charge in [0, 0.05) is 23.5 Å². The van der Waals surface area contributed by atoms with Gasteiger partial charge in [-0.25, -0.2) is 0 Å². The van der Waals surface area contributed by atoms with Crippen molar-refractivity contribution in [3.63, 3.8) is 0 Å². The highest BCUT2D eigenvalue weighted by Crippen LogP contribution is 2.20. The Kier molecular flexibility index (Phi) is 4.68. The van der Waals surface area contributed by atoms with E-state index in [9.17, 15) is 4.79 Å². The molecule has 2 aromatic rings. The number of carbonyl (C=O) groups is 1. The second kappa shape index (κ2) is 6.31. The van der Waals surface area contributed by atoms with Crippen LogP contribution in [0.4, 0.5) is 0 Å². The van der Waals surface area contributed by atoms with Gasteiger partial charge in [-0.1, -0.05) is 39.0 Å². The highest BCUT2D eigenvalue weighted by molar-refractivity contribution is 5.84. The molecule has 0 unspecified atom stereocenters. The van der Waals surface area contributed by atoms with Crippen molar-refractivity contribution in [3.05, 3.63) is 36.0 Å². The van der Waals surface area contributed by atoms with Crippen LogP contribution in [0, 0.1) is 5.41 Å². The first kappa shape index (κ1) is 15.6. The Morgan fingerprint density at radius 1 is 1.33 bits per heavy atom. The molecule has 0 fully saturated rings. The topological polar surface area (TPSA) is 68.1 Å². The van der Waals surface area contributed by atoms with Gasteiger partial charge in [-0.3, -0.25) is 4.79 Å². The van der Waals surface area contributed by atoms with Crippen LogP contribution >= 0.6 is 0 Å². The number of fused-ring (bicyclic) bond motifs is 1. The van der Waals surface area contributed by atoms with E-state index in [1.807, 2.05) is 30.5 Å². The van der Waals surface area contributed by atoms with Crippen molar-refractivity contribution in [2.24, 2.45) is 11.1 Å². The van der Waals surface area contributed by atoms with Crippen molar-refractivity contribution in [2.45, 2.75) is 39.7 Å². The molecular formula is C17H24N2O2. The van der Waals surface area contributed by atoms with E-state index in [1.54, 1.807) is 0 Å². The molecule has 114 valence electrons. The number of hydrogen-bond acceptors (Lipinski definition) is 3. The molecule has 4 nitrogen and oxygen atoms in total. The summed E-state index contributed by atoms with van der Waals surface area (Å²) in [5.74, 6) is -0.329. The fraction of sp³-hybridized carbons (Fsp3) is 0.471. The highest BCUT2D eigenvalue weighted by atomic mass is 16.5. The number of rotatable bonds is 5. The molecule has 0 aliphatic heterocycles. The number of para-hydroxylation sites is 1. The summed E-state index contributed by atoms with van der Waals surface area (Å²) in [5.41, 5.74) is 8.22. The van der Waals surface area contributed by atoms with Crippen LogP contribution in [-0.2, 0) is 16.0 Å². The Labute approximate surface area is 125 Å². The van der Waals surface area contributed by atoms with Gasteiger partial charge in [0.1, 0.15) is 6.04 Å². The average Bonchev–Trinajstić information content (AvgIpc) is 2.80. The summed E-state index contributed by atoms with van der Waals surface area (Å²) >= 11 is 0. The minimum atomic E-state index is -0.621. The maximum Gasteiger partial charge on any atom is 0.323 e. The van der Waals surface area contributed by atoms with Crippen molar-refractivity contribution < 1.29 is 9.53 Å². The van der Waals surface area contributed by atoms with E-state index in [2.05, 4.69) is 25.8 Å². The van der Waals surface area contributed by atoms with Crippen molar-refractivity contribution >= 4 is 16.9 Å². The Morgan fingerprint density at radius 3 is 2.76 bits per heavy atom. The summed E-state index contributed by atoms with van der Waals surface area (Å²) in [6.45, 7) is 6.77. The van der Waals surface area contributed by atoms with Gasteiger partial charge in [0.05, 0.1) is 6.61 Å². The molecule has 1 aromatic heterocycles. The summed E-state index contributed by atoms with van der Waals surface area (Å²) in [4.78, 5) is 15.1. The number of ether oxygens (including phenoxy) is 1. The van der Waals surface area contributed by atoms with Crippen LogP contribution in [0.5, 0.6) is 0 Å². The quantitative estimate of drug-likeness (QED) is 0.831. The Balaban J connectivity index is 1.92. The number of nitrogens with one attached hydrogen (secondary N) is 1. The van der Waals surface area contributed by atoms with Gasteiger partial charge >= 0.3 is 5.97 Å². The van der Waals surface area contributed by atoms with Crippen LogP contribution in [-0.4, -0.2) is 23.6 Å². The second-order valence-electron chi connectivity index (χ2n) is 6.65. The molecule has 1 aromatic carbocycles. The lowest BCUT2D eigenvalue weighted by molar-refractivity contribution is -0.145. The minimum Gasteiger partial charge on any atom is -0.465 e. The number of nitrogens with two attached hydrogens (primary N) is 1. The van der Waals surface area contributed by atoms with E-state index in [1.165, 1.54) is 0 Å². The Bertz CT molecular complexity index is 611. The van der Waals surface area contributed by atoms with Gasteiger partial charge in [0.25, 0.3) is 0 Å². The highest BCUT2D eigenvalue weighted by Gasteiger charge is 2.18. The lowest BCUT2D eigenvalue weighted by Gasteiger charge is -2.18. The zero-order valence-corrected chi connectivity index (χ0v) is 13.0. The molecule has 0 saturated carbocycles. The molecule has 0 saturated heterocycles. The minimum absolute atomic E-state index is 0.154. The van der Waals surface area contributed by atoms with Crippen molar-refractivity contribution in [1.29, 1.82) is 0 Å². The van der Waals surface area contributed by atoms with Crippen molar-refractivity contribution in [3.8, 4) is 0 Å². The Morgan fingerprint density at radius 2 is 2.05 bits per heavy atom. The smallest absolute Gasteiger partial charge is 0.323 e.